The van der Waals surface area contributed by atoms with Crippen molar-refractivity contribution in [3.63, 3.8) is 0 Å². The van der Waals surface area contributed by atoms with E-state index in [9.17, 15) is 4.79 Å². The van der Waals surface area contributed by atoms with Crippen molar-refractivity contribution in [1.29, 1.82) is 0 Å². The fourth-order valence-corrected chi connectivity index (χ4v) is 3.48. The van der Waals surface area contributed by atoms with E-state index in [1.165, 1.54) is 11.9 Å². The average molecular weight is 334 g/mol. The van der Waals surface area contributed by atoms with E-state index in [-0.39, 0.29) is 5.78 Å². The van der Waals surface area contributed by atoms with Crippen molar-refractivity contribution < 1.29 is 9.53 Å². The third kappa shape index (κ3) is 2.46. The Kier molecular flexibility index (Phi) is 3.83. The Morgan fingerprint density at radius 2 is 1.68 bits per heavy atom. The highest BCUT2D eigenvalue weighted by atomic mass is 35.5. The second-order valence-electron chi connectivity index (χ2n) is 5.60. The number of ether oxygens (including phenoxy) is 1. The van der Waals surface area contributed by atoms with Gasteiger partial charge in [0.2, 0.25) is 9.99 Å². The van der Waals surface area contributed by atoms with Crippen LogP contribution < -0.4 is 9.46 Å². The Bertz CT molecular complexity index is 705. The number of fused-ring (bicyclic) bond motifs is 1. The molecule has 0 aromatic heterocycles. The molecule has 1 heterocycles. The number of Topliss-reactive ketones (excluding diaryl/α,β-unsaturated/α-hetero) is 1. The predicted molar refractivity (Wildman–Crippen MR) is 91.7 cm³/mol. The van der Waals surface area contributed by atoms with Crippen LogP contribution in [0.25, 0.3) is 0 Å². The van der Waals surface area contributed by atoms with Crippen molar-refractivity contribution in [2.24, 2.45) is 0 Å². The van der Waals surface area contributed by atoms with Crippen LogP contribution in [0.3, 0.4) is 0 Å². The highest BCUT2D eigenvalue weighted by Gasteiger charge is 2.57. The van der Waals surface area contributed by atoms with E-state index in [1.54, 1.807) is 12.1 Å². The minimum absolute atomic E-state index is 0.144. The quantitative estimate of drug-likeness (QED) is 0.650. The first kappa shape index (κ1) is 15.3. The number of alkyl halides is 1. The Morgan fingerprint density at radius 3 is 2.41 bits per heavy atom. The Balaban J connectivity index is 1.92. The molecule has 0 fully saturated rings. The van der Waals surface area contributed by atoms with Crippen molar-refractivity contribution in [2.45, 2.75) is 23.7 Å². The highest BCUT2D eigenvalue weighted by molar-refractivity contribution is 8.04. The van der Waals surface area contributed by atoms with Gasteiger partial charge in [-0.25, -0.2) is 0 Å². The molecule has 0 amide bonds. The number of nitrogens with one attached hydrogen (secondary N) is 1. The van der Waals surface area contributed by atoms with Crippen molar-refractivity contribution in [2.75, 3.05) is 4.72 Å². The molecule has 0 bridgehead atoms. The molecule has 1 N–H and O–H groups in total. The third-order valence-corrected chi connectivity index (χ3v) is 5.80. The van der Waals surface area contributed by atoms with E-state index in [0.717, 1.165) is 5.69 Å². The summed E-state index contributed by atoms with van der Waals surface area (Å²) in [6, 6.07) is 16.8. The molecule has 3 nitrogen and oxygen atoms in total. The van der Waals surface area contributed by atoms with Crippen molar-refractivity contribution in [3.05, 3.63) is 60.2 Å². The molecule has 22 heavy (non-hydrogen) atoms. The highest BCUT2D eigenvalue weighted by Crippen LogP contribution is 2.49. The average Bonchev–Trinajstić information content (AvgIpc) is 2.52. The summed E-state index contributed by atoms with van der Waals surface area (Å²) in [6.45, 7) is 3.65. The third-order valence-electron chi connectivity index (χ3n) is 3.65. The molecule has 1 aliphatic heterocycles. The number of halogens is 1. The lowest BCUT2D eigenvalue weighted by molar-refractivity contribution is 0.0579. The first-order valence-corrected chi connectivity index (χ1v) is 8.14. The maximum absolute atomic E-state index is 12.9. The van der Waals surface area contributed by atoms with Crippen molar-refractivity contribution >= 4 is 35.0 Å². The lowest BCUT2D eigenvalue weighted by Crippen LogP contribution is -2.56. The van der Waals surface area contributed by atoms with Crippen LogP contribution in [0.1, 0.15) is 24.2 Å². The summed E-state index contributed by atoms with van der Waals surface area (Å²) < 4.78 is 7.88. The van der Waals surface area contributed by atoms with Crippen LogP contribution in [0.5, 0.6) is 5.75 Å². The molecule has 0 saturated carbocycles. The number of carbonyl (C=O) groups excluding carboxylic acids is 1. The van der Waals surface area contributed by atoms with Gasteiger partial charge in [-0.1, -0.05) is 41.9 Å². The summed E-state index contributed by atoms with van der Waals surface area (Å²) in [5, 5.41) is 0. The number of carbonyl (C=O) groups is 1. The first-order valence-electron chi connectivity index (χ1n) is 6.95. The number of ketones is 1. The van der Waals surface area contributed by atoms with E-state index in [1.807, 2.05) is 56.3 Å². The van der Waals surface area contributed by atoms with Gasteiger partial charge in [0.1, 0.15) is 11.4 Å². The standard InChI is InChI=1S/C17H16ClNO2S/c1-16(2)17(18,22-19-12-8-4-3-5-9-12)15(20)13-10-6-7-11-14(13)21-16/h3-11,19H,1-2H3/t17-/m1/s1. The fourth-order valence-electron chi connectivity index (χ4n) is 2.34. The van der Waals surface area contributed by atoms with Gasteiger partial charge in [0.15, 0.2) is 0 Å². The van der Waals surface area contributed by atoms with E-state index in [0.29, 0.717) is 11.3 Å². The van der Waals surface area contributed by atoms with Crippen LogP contribution >= 0.6 is 23.5 Å². The second kappa shape index (κ2) is 5.52. The van der Waals surface area contributed by atoms with Gasteiger partial charge in [-0.3, -0.25) is 4.79 Å². The molecule has 2 aromatic carbocycles. The first-order chi connectivity index (χ1) is 10.4. The van der Waals surface area contributed by atoms with Gasteiger partial charge in [0.25, 0.3) is 0 Å². The SMILES string of the molecule is CC1(C)Oc2ccccc2C(=O)[C@@]1(Cl)SNc1ccccc1. The molecule has 0 radical (unpaired) electrons. The summed E-state index contributed by atoms with van der Waals surface area (Å²) >= 11 is 7.89. The summed E-state index contributed by atoms with van der Waals surface area (Å²) in [6.07, 6.45) is 0. The smallest absolute Gasteiger partial charge is 0.210 e. The van der Waals surface area contributed by atoms with Gasteiger partial charge in [0.05, 0.1) is 5.56 Å². The fraction of sp³-hybridized carbons (Fsp3) is 0.235. The van der Waals surface area contributed by atoms with Crippen molar-refractivity contribution in [1.82, 2.24) is 0 Å². The van der Waals surface area contributed by atoms with Gasteiger partial charge < -0.3 is 9.46 Å². The van der Waals surface area contributed by atoms with Gasteiger partial charge in [-0.2, -0.15) is 0 Å². The molecule has 3 rings (SSSR count). The van der Waals surface area contributed by atoms with Crippen LogP contribution in [-0.4, -0.2) is 15.6 Å². The summed E-state index contributed by atoms with van der Waals surface area (Å²) in [7, 11) is 0. The van der Waals surface area contributed by atoms with Gasteiger partial charge in [0, 0.05) is 5.69 Å². The molecule has 0 aliphatic carbocycles. The normalized spacial score (nSPS) is 22.6. The van der Waals surface area contributed by atoms with Gasteiger partial charge >= 0.3 is 0 Å². The predicted octanol–water partition coefficient (Wildman–Crippen LogP) is 4.74. The zero-order valence-corrected chi connectivity index (χ0v) is 13.9. The summed E-state index contributed by atoms with van der Waals surface area (Å²) in [5.74, 6) is 0.434. The van der Waals surface area contributed by atoms with Gasteiger partial charge in [-0.05, 0) is 50.1 Å². The molecule has 1 atom stereocenters. The van der Waals surface area contributed by atoms with E-state index < -0.39 is 9.81 Å². The maximum atomic E-state index is 12.9. The molecule has 1 aliphatic rings. The van der Waals surface area contributed by atoms with E-state index in [2.05, 4.69) is 4.72 Å². The van der Waals surface area contributed by atoms with Crippen LogP contribution in [0.4, 0.5) is 5.69 Å². The minimum Gasteiger partial charge on any atom is -0.484 e. The summed E-state index contributed by atoms with van der Waals surface area (Å²) in [4.78, 5) is 12.9. The molecule has 0 spiro atoms. The number of para-hydroxylation sites is 2. The topological polar surface area (TPSA) is 38.3 Å². The van der Waals surface area contributed by atoms with Crippen molar-refractivity contribution in [3.8, 4) is 5.75 Å². The molecular weight excluding hydrogens is 318 g/mol. The molecular formula is C17H16ClNO2S. The largest absolute Gasteiger partial charge is 0.484 e. The molecule has 2 aromatic rings. The number of rotatable bonds is 3. The van der Waals surface area contributed by atoms with E-state index in [4.69, 9.17) is 16.3 Å². The Morgan fingerprint density at radius 1 is 1.05 bits per heavy atom. The molecule has 0 unspecified atom stereocenters. The zero-order chi connectivity index (χ0) is 15.8. The van der Waals surface area contributed by atoms with E-state index >= 15 is 0 Å². The summed E-state index contributed by atoms with van der Waals surface area (Å²) in [5.41, 5.74) is 0.543. The molecule has 114 valence electrons. The maximum Gasteiger partial charge on any atom is 0.210 e. The minimum atomic E-state index is -1.25. The monoisotopic (exact) mass is 333 g/mol. The number of anilines is 1. The number of hydrogen-bond acceptors (Lipinski definition) is 4. The Hall–Kier alpha value is -1.65. The molecule has 5 heteroatoms. The number of benzene rings is 2. The van der Waals surface area contributed by atoms with Gasteiger partial charge in [-0.15, -0.1) is 0 Å². The van der Waals surface area contributed by atoms with Crippen LogP contribution in [0.2, 0.25) is 0 Å². The lowest BCUT2D eigenvalue weighted by atomic mass is 9.92. The second-order valence-corrected chi connectivity index (χ2v) is 7.41. The van der Waals surface area contributed by atoms with Crippen LogP contribution in [0, 0.1) is 0 Å². The Labute approximate surface area is 139 Å². The molecule has 0 saturated heterocycles. The lowest BCUT2D eigenvalue weighted by Gasteiger charge is -2.43. The number of hydrogen-bond donors (Lipinski definition) is 1. The zero-order valence-electron chi connectivity index (χ0n) is 12.3. The van der Waals surface area contributed by atoms with Crippen LogP contribution in [0.15, 0.2) is 54.6 Å². The van der Waals surface area contributed by atoms with Crippen LogP contribution in [-0.2, 0) is 0 Å².